The normalized spacial score (nSPS) is 20.7. The van der Waals surface area contributed by atoms with Crippen LogP contribution in [0.25, 0.3) is 16.0 Å². The van der Waals surface area contributed by atoms with Crippen LogP contribution in [-0.2, 0) is 16.0 Å². The number of benzene rings is 3. The second kappa shape index (κ2) is 8.43. The van der Waals surface area contributed by atoms with Gasteiger partial charge in [0.2, 0.25) is 0 Å². The van der Waals surface area contributed by atoms with E-state index in [1.165, 1.54) is 23.1 Å². The molecule has 1 fully saturated rings. The van der Waals surface area contributed by atoms with Gasteiger partial charge in [-0.1, -0.05) is 35.1 Å². The first kappa shape index (κ1) is 22.7. The fraction of sp³-hybridized carbons (Fsp3) is 0.148. The molecule has 1 amide bonds. The van der Waals surface area contributed by atoms with Gasteiger partial charge in [-0.3, -0.25) is 14.5 Å². The quantitative estimate of drug-likeness (QED) is 0.202. The molecule has 1 saturated heterocycles. The summed E-state index contributed by atoms with van der Waals surface area (Å²) in [5.41, 5.74) is 2.28. The summed E-state index contributed by atoms with van der Waals surface area (Å²) >= 11 is 7.35. The minimum Gasteiger partial charge on any atom is -0.507 e. The van der Waals surface area contributed by atoms with Gasteiger partial charge < -0.3 is 9.84 Å². The second-order valence-corrected chi connectivity index (χ2v) is 10.2. The van der Waals surface area contributed by atoms with E-state index in [4.69, 9.17) is 16.3 Å². The lowest BCUT2D eigenvalue weighted by atomic mass is 9.94. The van der Waals surface area contributed by atoms with Crippen LogP contribution in [0.15, 0.2) is 66.2 Å². The molecule has 4 aromatic rings. The summed E-state index contributed by atoms with van der Waals surface area (Å²) in [5, 5.41) is 12.0. The number of aromatic nitrogens is 1. The van der Waals surface area contributed by atoms with E-state index in [9.17, 15) is 19.1 Å². The number of fused-ring (bicyclic) bond motifs is 2. The summed E-state index contributed by atoms with van der Waals surface area (Å²) in [6.07, 6.45) is 0.684. The van der Waals surface area contributed by atoms with Crippen molar-refractivity contribution in [3.05, 3.63) is 93.8 Å². The molecule has 2 unspecified atom stereocenters. The number of carbonyl (C=O) groups excluding carboxylic acids is 2. The molecule has 3 aromatic carbocycles. The highest BCUT2D eigenvalue weighted by Gasteiger charge is 2.48. The molecule has 1 N–H and O–H groups in total. The summed E-state index contributed by atoms with van der Waals surface area (Å²) in [6, 6.07) is 15.1. The van der Waals surface area contributed by atoms with Crippen LogP contribution in [-0.4, -0.2) is 27.9 Å². The van der Waals surface area contributed by atoms with Crippen LogP contribution in [0.5, 0.6) is 5.75 Å². The topological polar surface area (TPSA) is 79.7 Å². The molecule has 2 aliphatic heterocycles. The Bertz CT molecular complexity index is 1610. The molecule has 0 aliphatic carbocycles. The Kier molecular flexibility index (Phi) is 5.31. The summed E-state index contributed by atoms with van der Waals surface area (Å²) in [4.78, 5) is 32.5. The van der Waals surface area contributed by atoms with Crippen molar-refractivity contribution in [3.63, 3.8) is 0 Å². The van der Waals surface area contributed by atoms with Crippen LogP contribution < -0.4 is 9.64 Å². The zero-order valence-corrected chi connectivity index (χ0v) is 20.4. The highest BCUT2D eigenvalue weighted by Crippen LogP contribution is 2.45. The molecule has 9 heteroatoms. The van der Waals surface area contributed by atoms with Crippen molar-refractivity contribution in [2.24, 2.45) is 0 Å². The molecule has 1 aromatic heterocycles. The predicted octanol–water partition coefficient (Wildman–Crippen LogP) is 6.04. The number of ketones is 1. The number of carbonyl (C=O) groups is 2. The maximum atomic E-state index is 13.8. The Morgan fingerprint density at radius 2 is 2.00 bits per heavy atom. The van der Waals surface area contributed by atoms with Gasteiger partial charge in [-0.15, -0.1) is 0 Å². The molecule has 2 aliphatic rings. The van der Waals surface area contributed by atoms with E-state index in [2.05, 4.69) is 4.98 Å². The first-order chi connectivity index (χ1) is 17.3. The Labute approximate surface area is 214 Å². The molecule has 0 bridgehead atoms. The van der Waals surface area contributed by atoms with Gasteiger partial charge in [-0.25, -0.2) is 9.37 Å². The van der Waals surface area contributed by atoms with Crippen molar-refractivity contribution < 1.29 is 23.8 Å². The lowest BCUT2D eigenvalue weighted by Crippen LogP contribution is -2.29. The summed E-state index contributed by atoms with van der Waals surface area (Å²) < 4.78 is 20.1. The van der Waals surface area contributed by atoms with Crippen molar-refractivity contribution in [3.8, 4) is 5.75 Å². The number of aliphatic hydroxyl groups is 1. The van der Waals surface area contributed by atoms with E-state index in [1.807, 2.05) is 6.92 Å². The summed E-state index contributed by atoms with van der Waals surface area (Å²) in [5.74, 6) is -1.67. The third-order valence-electron chi connectivity index (χ3n) is 6.32. The summed E-state index contributed by atoms with van der Waals surface area (Å²) in [7, 11) is 0. The molecule has 36 heavy (non-hydrogen) atoms. The van der Waals surface area contributed by atoms with Crippen LogP contribution in [0.4, 0.5) is 9.52 Å². The zero-order valence-electron chi connectivity index (χ0n) is 18.9. The van der Waals surface area contributed by atoms with E-state index in [0.29, 0.717) is 32.8 Å². The number of Topliss-reactive ketones (excluding diaryl/α,β-unsaturated/α-hetero) is 1. The summed E-state index contributed by atoms with van der Waals surface area (Å²) in [6.45, 7) is 1.95. The molecular formula is C27H18ClFN2O4S. The minimum absolute atomic E-state index is 0.0123. The van der Waals surface area contributed by atoms with E-state index < -0.39 is 23.5 Å². The van der Waals surface area contributed by atoms with Gasteiger partial charge in [0.15, 0.2) is 5.13 Å². The van der Waals surface area contributed by atoms with Crippen molar-refractivity contribution in [2.45, 2.75) is 25.5 Å². The van der Waals surface area contributed by atoms with Gasteiger partial charge in [0.05, 0.1) is 21.8 Å². The monoisotopic (exact) mass is 520 g/mol. The fourth-order valence-corrected chi connectivity index (χ4v) is 5.95. The van der Waals surface area contributed by atoms with Crippen molar-refractivity contribution in [1.29, 1.82) is 0 Å². The lowest BCUT2D eigenvalue weighted by Gasteiger charge is -2.23. The molecule has 0 spiro atoms. The number of ether oxygens (including phenoxy) is 1. The minimum atomic E-state index is -0.975. The number of nitrogens with zero attached hydrogens (tertiary/aromatic N) is 2. The number of hydrogen-bond acceptors (Lipinski definition) is 6. The number of thiazole rings is 1. The van der Waals surface area contributed by atoms with Crippen LogP contribution >= 0.6 is 22.9 Å². The van der Waals surface area contributed by atoms with Gasteiger partial charge in [0, 0.05) is 17.0 Å². The van der Waals surface area contributed by atoms with E-state index >= 15 is 0 Å². The molecule has 6 nitrogen and oxygen atoms in total. The number of hydrogen-bond donors (Lipinski definition) is 1. The maximum absolute atomic E-state index is 13.8. The van der Waals surface area contributed by atoms with Gasteiger partial charge in [0.1, 0.15) is 23.4 Å². The molecule has 0 radical (unpaired) electrons. The number of aliphatic hydroxyl groups excluding tert-OH is 1. The highest BCUT2D eigenvalue weighted by molar-refractivity contribution is 7.22. The highest BCUT2D eigenvalue weighted by atomic mass is 35.5. The molecule has 3 heterocycles. The second-order valence-electron chi connectivity index (χ2n) is 8.79. The van der Waals surface area contributed by atoms with E-state index in [1.54, 1.807) is 42.5 Å². The van der Waals surface area contributed by atoms with Crippen molar-refractivity contribution in [2.75, 3.05) is 4.90 Å². The average Bonchev–Trinajstić information content (AvgIpc) is 3.50. The number of rotatable bonds is 3. The van der Waals surface area contributed by atoms with Gasteiger partial charge in [0.25, 0.3) is 5.78 Å². The average molecular weight is 521 g/mol. The molecule has 6 rings (SSSR count). The number of anilines is 1. The van der Waals surface area contributed by atoms with Crippen LogP contribution in [0, 0.1) is 5.82 Å². The van der Waals surface area contributed by atoms with Crippen LogP contribution in [0.1, 0.15) is 29.7 Å². The Morgan fingerprint density at radius 3 is 2.81 bits per heavy atom. The fourth-order valence-electron chi connectivity index (χ4n) is 4.74. The Balaban J connectivity index is 1.54. The van der Waals surface area contributed by atoms with Gasteiger partial charge >= 0.3 is 5.91 Å². The molecule has 2 atom stereocenters. The van der Waals surface area contributed by atoms with Crippen LogP contribution in [0.3, 0.4) is 0 Å². The van der Waals surface area contributed by atoms with E-state index in [-0.39, 0.29) is 22.6 Å². The third-order valence-corrected chi connectivity index (χ3v) is 7.58. The largest absolute Gasteiger partial charge is 0.507 e. The van der Waals surface area contributed by atoms with E-state index in [0.717, 1.165) is 22.6 Å². The van der Waals surface area contributed by atoms with Crippen LogP contribution in [0.2, 0.25) is 5.02 Å². The standard InChI is InChI=1S/C27H18ClFN2O4S/c1-13-9-16-10-15(5-8-20(16)35-13)24(32)22-23(14-3-2-4-17(28)11-14)31(26(34)25(22)33)27-30-19-7-6-18(29)12-21(19)36-27/h2-8,10-13,23,32H,9H2,1H3/b24-22+. The third kappa shape index (κ3) is 3.65. The SMILES string of the molecule is CC1Cc2cc(/C(O)=C3\C(=O)C(=O)N(c4nc5ccc(F)cc5s4)C3c3cccc(Cl)c3)ccc2O1. The predicted molar refractivity (Wildman–Crippen MR) is 136 cm³/mol. The smallest absolute Gasteiger partial charge is 0.301 e. The van der Waals surface area contributed by atoms with Crippen molar-refractivity contribution >= 4 is 55.7 Å². The van der Waals surface area contributed by atoms with Gasteiger partial charge in [-0.05, 0) is 66.6 Å². The molecule has 180 valence electrons. The number of halogens is 2. The lowest BCUT2D eigenvalue weighted by molar-refractivity contribution is -0.132. The Hall–Kier alpha value is -3.75. The maximum Gasteiger partial charge on any atom is 0.301 e. The Morgan fingerprint density at radius 1 is 1.17 bits per heavy atom. The molecular weight excluding hydrogens is 503 g/mol. The van der Waals surface area contributed by atoms with Crippen molar-refractivity contribution in [1.82, 2.24) is 4.98 Å². The zero-order chi connectivity index (χ0) is 25.1. The molecule has 0 saturated carbocycles. The number of amides is 1. The first-order valence-corrected chi connectivity index (χ1v) is 12.4. The van der Waals surface area contributed by atoms with Gasteiger partial charge in [-0.2, -0.15) is 0 Å². The first-order valence-electron chi connectivity index (χ1n) is 11.2.